The van der Waals surface area contributed by atoms with E-state index in [9.17, 15) is 4.79 Å². The van der Waals surface area contributed by atoms with E-state index < -0.39 is 0 Å². The summed E-state index contributed by atoms with van der Waals surface area (Å²) < 4.78 is 3.52. The molecule has 0 fully saturated rings. The summed E-state index contributed by atoms with van der Waals surface area (Å²) in [5.74, 6) is 1.07. The third-order valence-corrected chi connectivity index (χ3v) is 5.40. The van der Waals surface area contributed by atoms with Gasteiger partial charge in [-0.3, -0.25) is 4.79 Å². The molecule has 0 atom stereocenters. The van der Waals surface area contributed by atoms with Crippen LogP contribution in [0.5, 0.6) is 0 Å². The van der Waals surface area contributed by atoms with Crippen LogP contribution in [-0.2, 0) is 19.9 Å². The Labute approximate surface area is 160 Å². The summed E-state index contributed by atoms with van der Waals surface area (Å²) in [7, 11) is 2.05. The molecule has 1 aromatic carbocycles. The molecule has 1 N–H and O–H groups in total. The molecule has 27 heavy (non-hydrogen) atoms. The highest BCUT2D eigenvalue weighted by atomic mass is 32.1. The summed E-state index contributed by atoms with van der Waals surface area (Å²) in [6, 6.07) is 9.74. The van der Waals surface area contributed by atoms with Gasteiger partial charge in [-0.05, 0) is 25.0 Å². The standard InChI is InChI=1S/C19H22N6OS/c1-3-7-13-12-17(26)25-19(21-13)27-18(23-25)20-11-6-10-16-22-14-8-4-5-9-15(14)24(16)2/h4-5,8-9,12H,3,6-7,10-11H2,1-2H3,(H,20,23). The van der Waals surface area contributed by atoms with E-state index in [2.05, 4.69) is 40.0 Å². The average Bonchev–Trinajstić information content (AvgIpc) is 3.21. The minimum Gasteiger partial charge on any atom is -0.360 e. The minimum absolute atomic E-state index is 0.118. The molecule has 0 aliphatic rings. The van der Waals surface area contributed by atoms with Crippen molar-refractivity contribution in [3.05, 3.63) is 52.2 Å². The first kappa shape index (κ1) is 17.7. The summed E-state index contributed by atoms with van der Waals surface area (Å²) in [5.41, 5.74) is 2.90. The van der Waals surface area contributed by atoms with Gasteiger partial charge in [0, 0.05) is 31.8 Å². The molecule has 0 radical (unpaired) electrons. The van der Waals surface area contributed by atoms with Gasteiger partial charge in [0.2, 0.25) is 10.1 Å². The first-order valence-corrected chi connectivity index (χ1v) is 10.0. The van der Waals surface area contributed by atoms with Crippen LogP contribution in [0.4, 0.5) is 5.13 Å². The van der Waals surface area contributed by atoms with E-state index in [1.54, 1.807) is 6.07 Å². The highest BCUT2D eigenvalue weighted by Crippen LogP contribution is 2.18. The molecular weight excluding hydrogens is 360 g/mol. The molecule has 0 saturated carbocycles. The largest absolute Gasteiger partial charge is 0.360 e. The Morgan fingerprint density at radius 1 is 1.19 bits per heavy atom. The van der Waals surface area contributed by atoms with Gasteiger partial charge in [-0.15, -0.1) is 5.10 Å². The Kier molecular flexibility index (Phi) is 4.89. The fourth-order valence-corrected chi connectivity index (χ4v) is 4.02. The highest BCUT2D eigenvalue weighted by Gasteiger charge is 2.09. The quantitative estimate of drug-likeness (QED) is 0.497. The Balaban J connectivity index is 1.40. The summed E-state index contributed by atoms with van der Waals surface area (Å²) >= 11 is 1.41. The van der Waals surface area contributed by atoms with Crippen LogP contribution in [0.2, 0.25) is 0 Å². The van der Waals surface area contributed by atoms with Crippen molar-refractivity contribution >= 4 is 32.5 Å². The third-order valence-electron chi connectivity index (χ3n) is 4.54. The SMILES string of the molecule is CCCc1cc(=O)n2nc(NCCCc3nc4ccccc4n3C)sc2n1. The van der Waals surface area contributed by atoms with E-state index in [0.29, 0.717) is 4.96 Å². The number of aryl methyl sites for hydroxylation is 3. The molecule has 0 aliphatic carbocycles. The lowest BCUT2D eigenvalue weighted by atomic mass is 10.2. The normalized spacial score (nSPS) is 11.5. The van der Waals surface area contributed by atoms with Crippen molar-refractivity contribution in [2.45, 2.75) is 32.6 Å². The van der Waals surface area contributed by atoms with Crippen LogP contribution in [0.3, 0.4) is 0 Å². The van der Waals surface area contributed by atoms with Gasteiger partial charge in [0.15, 0.2) is 0 Å². The summed E-state index contributed by atoms with van der Waals surface area (Å²) in [6.07, 6.45) is 3.58. The monoisotopic (exact) mass is 382 g/mol. The number of rotatable bonds is 7. The zero-order valence-corrected chi connectivity index (χ0v) is 16.3. The fraction of sp³-hybridized carbons (Fsp3) is 0.368. The molecule has 8 heteroatoms. The Hall–Kier alpha value is -2.74. The molecule has 4 aromatic rings. The summed E-state index contributed by atoms with van der Waals surface area (Å²) in [4.78, 5) is 22.0. The van der Waals surface area contributed by atoms with Crippen molar-refractivity contribution in [3.8, 4) is 0 Å². The van der Waals surface area contributed by atoms with E-state index in [1.165, 1.54) is 15.9 Å². The molecule has 3 aromatic heterocycles. The van der Waals surface area contributed by atoms with Gasteiger partial charge in [-0.25, -0.2) is 9.97 Å². The first-order chi connectivity index (χ1) is 13.2. The maximum atomic E-state index is 12.2. The second-order valence-corrected chi connectivity index (χ2v) is 7.50. The van der Waals surface area contributed by atoms with Gasteiger partial charge in [0.25, 0.3) is 5.56 Å². The molecule has 0 saturated heterocycles. The predicted octanol–water partition coefficient (Wildman–Crippen LogP) is 3.03. The van der Waals surface area contributed by atoms with E-state index in [4.69, 9.17) is 4.98 Å². The van der Waals surface area contributed by atoms with E-state index in [1.807, 2.05) is 18.2 Å². The molecule has 7 nitrogen and oxygen atoms in total. The number of hydrogen-bond donors (Lipinski definition) is 1. The smallest absolute Gasteiger partial charge is 0.275 e. The predicted molar refractivity (Wildman–Crippen MR) is 109 cm³/mol. The Morgan fingerprint density at radius 2 is 2.04 bits per heavy atom. The molecule has 4 rings (SSSR count). The summed E-state index contributed by atoms with van der Waals surface area (Å²) in [5, 5.41) is 8.37. The van der Waals surface area contributed by atoms with Crippen LogP contribution < -0.4 is 10.9 Å². The number of para-hydroxylation sites is 2. The summed E-state index contributed by atoms with van der Waals surface area (Å²) in [6.45, 7) is 2.84. The van der Waals surface area contributed by atoms with Crippen molar-refractivity contribution in [2.24, 2.45) is 7.05 Å². The van der Waals surface area contributed by atoms with Gasteiger partial charge < -0.3 is 9.88 Å². The Bertz CT molecular complexity index is 1140. The van der Waals surface area contributed by atoms with E-state index >= 15 is 0 Å². The minimum atomic E-state index is -0.118. The van der Waals surface area contributed by atoms with Gasteiger partial charge in [-0.1, -0.05) is 36.8 Å². The Morgan fingerprint density at radius 3 is 2.85 bits per heavy atom. The third kappa shape index (κ3) is 3.57. The van der Waals surface area contributed by atoms with Crippen LogP contribution in [0, 0.1) is 0 Å². The number of nitrogens with zero attached hydrogens (tertiary/aromatic N) is 5. The second kappa shape index (κ2) is 7.48. The molecule has 3 heterocycles. The zero-order valence-electron chi connectivity index (χ0n) is 15.5. The highest BCUT2D eigenvalue weighted by molar-refractivity contribution is 7.20. The second-order valence-electron chi connectivity index (χ2n) is 6.54. The van der Waals surface area contributed by atoms with Crippen molar-refractivity contribution in [1.29, 1.82) is 0 Å². The molecular formula is C19H22N6OS. The van der Waals surface area contributed by atoms with Gasteiger partial charge >= 0.3 is 0 Å². The number of aromatic nitrogens is 5. The zero-order chi connectivity index (χ0) is 18.8. The number of nitrogens with one attached hydrogen (secondary N) is 1. The van der Waals surface area contributed by atoms with Crippen LogP contribution in [-0.4, -0.2) is 30.7 Å². The molecule has 0 bridgehead atoms. The first-order valence-electron chi connectivity index (χ1n) is 9.19. The number of fused-ring (bicyclic) bond motifs is 2. The van der Waals surface area contributed by atoms with Crippen LogP contribution in [0.25, 0.3) is 16.0 Å². The molecule has 0 unspecified atom stereocenters. The maximum Gasteiger partial charge on any atom is 0.275 e. The number of anilines is 1. The van der Waals surface area contributed by atoms with Crippen LogP contribution in [0.15, 0.2) is 35.1 Å². The van der Waals surface area contributed by atoms with Gasteiger partial charge in [0.1, 0.15) is 5.82 Å². The van der Waals surface area contributed by atoms with Crippen molar-refractivity contribution in [2.75, 3.05) is 11.9 Å². The lowest BCUT2D eigenvalue weighted by Crippen LogP contribution is -2.15. The molecule has 0 aliphatic heterocycles. The lowest BCUT2D eigenvalue weighted by Gasteiger charge is -2.03. The average molecular weight is 382 g/mol. The van der Waals surface area contributed by atoms with Crippen LogP contribution >= 0.6 is 11.3 Å². The van der Waals surface area contributed by atoms with Crippen molar-refractivity contribution in [3.63, 3.8) is 0 Å². The van der Waals surface area contributed by atoms with Crippen molar-refractivity contribution < 1.29 is 0 Å². The van der Waals surface area contributed by atoms with E-state index in [0.717, 1.165) is 59.9 Å². The van der Waals surface area contributed by atoms with Crippen LogP contribution in [0.1, 0.15) is 31.3 Å². The molecule has 140 valence electrons. The van der Waals surface area contributed by atoms with Crippen molar-refractivity contribution in [1.82, 2.24) is 24.1 Å². The number of benzene rings is 1. The number of hydrogen-bond acceptors (Lipinski definition) is 6. The molecule has 0 spiro atoms. The number of imidazole rings is 1. The van der Waals surface area contributed by atoms with E-state index in [-0.39, 0.29) is 5.56 Å². The van der Waals surface area contributed by atoms with Gasteiger partial charge in [-0.2, -0.15) is 4.52 Å². The molecule has 0 amide bonds. The van der Waals surface area contributed by atoms with Gasteiger partial charge in [0.05, 0.1) is 11.0 Å². The maximum absolute atomic E-state index is 12.2. The lowest BCUT2D eigenvalue weighted by molar-refractivity contribution is 0.751. The topological polar surface area (TPSA) is 77.1 Å². The fourth-order valence-electron chi connectivity index (χ4n) is 3.17.